The summed E-state index contributed by atoms with van der Waals surface area (Å²) in [4.78, 5) is 13.9. The summed E-state index contributed by atoms with van der Waals surface area (Å²) in [6.45, 7) is 3.09. The number of nitrogens with one attached hydrogen (secondary N) is 1. The predicted molar refractivity (Wildman–Crippen MR) is 86.5 cm³/mol. The second-order valence-electron chi connectivity index (χ2n) is 5.06. The Bertz CT molecular complexity index is 598. The van der Waals surface area contributed by atoms with Crippen LogP contribution in [0.3, 0.4) is 0 Å². The van der Waals surface area contributed by atoms with Gasteiger partial charge < -0.3 is 15.3 Å². The average molecular weight is 286 g/mol. The smallest absolute Gasteiger partial charge is 0.321 e. The van der Waals surface area contributed by atoms with E-state index in [9.17, 15) is 4.79 Å². The molecule has 0 atom stereocenters. The highest BCUT2D eigenvalue weighted by molar-refractivity contribution is 5.93. The largest absolute Gasteiger partial charge is 0.395 e. The van der Waals surface area contributed by atoms with E-state index in [1.165, 1.54) is 0 Å². The minimum Gasteiger partial charge on any atom is -0.395 e. The van der Waals surface area contributed by atoms with Crippen molar-refractivity contribution < 1.29 is 9.90 Å². The summed E-state index contributed by atoms with van der Waals surface area (Å²) < 4.78 is 0. The fourth-order valence-electron chi connectivity index (χ4n) is 2.25. The first-order valence-electron chi connectivity index (χ1n) is 7.40. The molecule has 0 saturated carbocycles. The van der Waals surface area contributed by atoms with Gasteiger partial charge in [0.05, 0.1) is 6.61 Å². The van der Waals surface area contributed by atoms with Gasteiger partial charge in [0.25, 0.3) is 0 Å². The van der Waals surface area contributed by atoms with Crippen LogP contribution in [-0.2, 0) is 0 Å². The molecule has 2 N–H and O–H groups in total. The van der Waals surface area contributed by atoms with Crippen molar-refractivity contribution in [1.29, 1.82) is 0 Å². The minimum absolute atomic E-state index is 0.0190. The van der Waals surface area contributed by atoms with Crippen LogP contribution in [0.15, 0.2) is 42.5 Å². The van der Waals surface area contributed by atoms with Crippen molar-refractivity contribution in [3.05, 3.63) is 42.5 Å². The van der Waals surface area contributed by atoms with Gasteiger partial charge in [-0.1, -0.05) is 43.7 Å². The molecular weight excluding hydrogens is 264 g/mol. The van der Waals surface area contributed by atoms with Crippen molar-refractivity contribution in [2.45, 2.75) is 19.8 Å². The third-order valence-electron chi connectivity index (χ3n) is 3.44. The number of fused-ring (bicyclic) bond motifs is 1. The molecule has 112 valence electrons. The maximum absolute atomic E-state index is 12.2. The molecule has 4 heteroatoms. The predicted octanol–water partition coefficient (Wildman–Crippen LogP) is 3.47. The molecule has 2 aromatic rings. The van der Waals surface area contributed by atoms with Gasteiger partial charge in [-0.3, -0.25) is 0 Å². The zero-order valence-corrected chi connectivity index (χ0v) is 12.4. The lowest BCUT2D eigenvalue weighted by atomic mass is 10.1. The number of carbonyl (C=O) groups is 1. The third kappa shape index (κ3) is 4.20. The highest BCUT2D eigenvalue weighted by Gasteiger charge is 2.12. The lowest BCUT2D eigenvalue weighted by molar-refractivity contribution is 0.187. The molecule has 0 bridgehead atoms. The Morgan fingerprint density at radius 3 is 2.62 bits per heavy atom. The molecule has 0 spiro atoms. The zero-order valence-electron chi connectivity index (χ0n) is 12.4. The molecule has 0 aliphatic carbocycles. The fourth-order valence-corrected chi connectivity index (χ4v) is 2.25. The van der Waals surface area contributed by atoms with Gasteiger partial charge in [-0.25, -0.2) is 4.79 Å². The van der Waals surface area contributed by atoms with E-state index in [-0.39, 0.29) is 12.6 Å². The highest BCUT2D eigenvalue weighted by atomic mass is 16.3. The third-order valence-corrected chi connectivity index (χ3v) is 3.44. The zero-order chi connectivity index (χ0) is 15.1. The van der Waals surface area contributed by atoms with E-state index >= 15 is 0 Å². The molecule has 0 radical (unpaired) electrons. The maximum atomic E-state index is 12.2. The number of carbonyl (C=O) groups excluding carboxylic acids is 1. The first-order valence-corrected chi connectivity index (χ1v) is 7.40. The van der Waals surface area contributed by atoms with Crippen molar-refractivity contribution in [1.82, 2.24) is 4.90 Å². The van der Waals surface area contributed by atoms with Crippen LogP contribution in [0.1, 0.15) is 19.8 Å². The number of benzene rings is 2. The summed E-state index contributed by atoms with van der Waals surface area (Å²) in [7, 11) is 0. The summed E-state index contributed by atoms with van der Waals surface area (Å²) in [5.74, 6) is 0. The number of hydrogen-bond acceptors (Lipinski definition) is 2. The molecule has 0 aromatic heterocycles. The number of hydrogen-bond donors (Lipinski definition) is 2. The summed E-state index contributed by atoms with van der Waals surface area (Å²) in [6, 6.07) is 13.7. The Morgan fingerprint density at radius 1 is 1.14 bits per heavy atom. The van der Waals surface area contributed by atoms with E-state index in [1.807, 2.05) is 42.5 Å². The van der Waals surface area contributed by atoms with Crippen molar-refractivity contribution in [2.75, 3.05) is 25.0 Å². The van der Waals surface area contributed by atoms with Crippen LogP contribution >= 0.6 is 0 Å². The normalized spacial score (nSPS) is 10.6. The van der Waals surface area contributed by atoms with Crippen LogP contribution in [0, 0.1) is 0 Å². The van der Waals surface area contributed by atoms with Crippen molar-refractivity contribution >= 4 is 22.5 Å². The Labute approximate surface area is 125 Å². The number of urea groups is 1. The van der Waals surface area contributed by atoms with Gasteiger partial charge in [-0.05, 0) is 29.3 Å². The van der Waals surface area contributed by atoms with E-state index < -0.39 is 0 Å². The first kappa shape index (κ1) is 15.3. The SMILES string of the molecule is CCCCN(CCO)C(=O)Nc1ccc2ccccc2c1. The number of unbranched alkanes of at least 4 members (excludes halogenated alkanes) is 1. The monoisotopic (exact) mass is 286 g/mol. The summed E-state index contributed by atoms with van der Waals surface area (Å²) in [5, 5.41) is 14.2. The quantitative estimate of drug-likeness (QED) is 0.854. The first-order chi connectivity index (χ1) is 10.2. The molecule has 2 rings (SSSR count). The molecule has 4 nitrogen and oxygen atoms in total. The lowest BCUT2D eigenvalue weighted by Crippen LogP contribution is -2.37. The van der Waals surface area contributed by atoms with E-state index in [1.54, 1.807) is 4.90 Å². The van der Waals surface area contributed by atoms with Crippen LogP contribution < -0.4 is 5.32 Å². The van der Waals surface area contributed by atoms with Crippen LogP contribution in [0.4, 0.5) is 10.5 Å². The Balaban J connectivity index is 2.08. The Morgan fingerprint density at radius 2 is 1.90 bits per heavy atom. The van der Waals surface area contributed by atoms with Gasteiger partial charge in [0.2, 0.25) is 0 Å². The maximum Gasteiger partial charge on any atom is 0.321 e. The fraction of sp³-hybridized carbons (Fsp3) is 0.353. The molecule has 2 aromatic carbocycles. The van der Waals surface area contributed by atoms with Gasteiger partial charge >= 0.3 is 6.03 Å². The molecular formula is C17H22N2O2. The average Bonchev–Trinajstić information content (AvgIpc) is 2.51. The number of aliphatic hydroxyl groups is 1. The Kier molecular flexibility index (Phi) is 5.58. The summed E-state index contributed by atoms with van der Waals surface area (Å²) >= 11 is 0. The van der Waals surface area contributed by atoms with E-state index in [4.69, 9.17) is 5.11 Å². The lowest BCUT2D eigenvalue weighted by Gasteiger charge is -2.22. The van der Waals surface area contributed by atoms with Crippen molar-refractivity contribution in [3.63, 3.8) is 0 Å². The standard InChI is InChI=1S/C17H22N2O2/c1-2-3-10-19(11-12-20)17(21)18-16-9-8-14-6-4-5-7-15(14)13-16/h4-9,13,20H,2-3,10-12H2,1H3,(H,18,21). The second-order valence-corrected chi connectivity index (χ2v) is 5.06. The molecule has 0 saturated heterocycles. The van der Waals surface area contributed by atoms with E-state index in [0.29, 0.717) is 13.1 Å². The van der Waals surface area contributed by atoms with Gasteiger partial charge in [-0.15, -0.1) is 0 Å². The number of amides is 2. The van der Waals surface area contributed by atoms with Gasteiger partial charge in [0, 0.05) is 18.8 Å². The molecule has 0 fully saturated rings. The summed E-state index contributed by atoms with van der Waals surface area (Å²) in [6.07, 6.45) is 1.95. The van der Waals surface area contributed by atoms with Crippen molar-refractivity contribution in [3.8, 4) is 0 Å². The molecule has 2 amide bonds. The van der Waals surface area contributed by atoms with Crippen LogP contribution in [0.2, 0.25) is 0 Å². The van der Waals surface area contributed by atoms with E-state index in [0.717, 1.165) is 29.3 Å². The highest BCUT2D eigenvalue weighted by Crippen LogP contribution is 2.19. The number of rotatable bonds is 6. The number of nitrogens with zero attached hydrogens (tertiary/aromatic N) is 1. The van der Waals surface area contributed by atoms with Crippen LogP contribution in [0.25, 0.3) is 10.8 Å². The minimum atomic E-state index is -0.159. The number of aliphatic hydroxyl groups excluding tert-OH is 1. The topological polar surface area (TPSA) is 52.6 Å². The van der Waals surface area contributed by atoms with Crippen LogP contribution in [-0.4, -0.2) is 35.7 Å². The van der Waals surface area contributed by atoms with Crippen LogP contribution in [0.5, 0.6) is 0 Å². The second kappa shape index (κ2) is 7.64. The van der Waals surface area contributed by atoms with Crippen molar-refractivity contribution in [2.24, 2.45) is 0 Å². The molecule has 0 heterocycles. The van der Waals surface area contributed by atoms with Gasteiger partial charge in [-0.2, -0.15) is 0 Å². The van der Waals surface area contributed by atoms with Gasteiger partial charge in [0.15, 0.2) is 0 Å². The molecule has 0 aliphatic rings. The Hall–Kier alpha value is -2.07. The van der Waals surface area contributed by atoms with Gasteiger partial charge in [0.1, 0.15) is 0 Å². The molecule has 0 aliphatic heterocycles. The number of anilines is 1. The summed E-state index contributed by atoms with van der Waals surface area (Å²) in [5.41, 5.74) is 0.776. The molecule has 21 heavy (non-hydrogen) atoms. The van der Waals surface area contributed by atoms with E-state index in [2.05, 4.69) is 12.2 Å². The molecule has 0 unspecified atom stereocenters.